The number of rotatable bonds is 3. The van der Waals surface area contributed by atoms with E-state index in [-0.39, 0.29) is 23.7 Å². The lowest BCUT2D eigenvalue weighted by Crippen LogP contribution is -2.44. The average molecular weight is 383 g/mol. The Morgan fingerprint density at radius 2 is 1.64 bits per heavy atom. The highest BCUT2D eigenvalue weighted by atomic mass is 35.5. The minimum absolute atomic E-state index is 0.0473. The van der Waals surface area contributed by atoms with Crippen LogP contribution in [-0.4, -0.2) is 29.8 Å². The molecular formula is C19H24Cl2N2O2. The number of anilines is 1. The van der Waals surface area contributed by atoms with Crippen LogP contribution in [-0.2, 0) is 9.59 Å². The molecule has 1 aromatic rings. The van der Waals surface area contributed by atoms with Crippen LogP contribution in [0.5, 0.6) is 0 Å². The smallest absolute Gasteiger partial charge is 0.227 e. The number of piperidine rings is 1. The quantitative estimate of drug-likeness (QED) is 0.819. The molecule has 2 amide bonds. The van der Waals surface area contributed by atoms with E-state index in [0.29, 0.717) is 41.7 Å². The van der Waals surface area contributed by atoms with E-state index in [1.54, 1.807) is 18.2 Å². The van der Waals surface area contributed by atoms with Crippen molar-refractivity contribution < 1.29 is 9.59 Å². The first-order valence-corrected chi connectivity index (χ1v) is 9.85. The molecule has 0 aromatic heterocycles. The number of nitrogens with zero attached hydrogens (tertiary/aromatic N) is 1. The third kappa shape index (κ3) is 4.48. The van der Waals surface area contributed by atoms with Crippen molar-refractivity contribution in [3.63, 3.8) is 0 Å². The molecule has 136 valence electrons. The Bertz CT molecular complexity index is 636. The van der Waals surface area contributed by atoms with Gasteiger partial charge in [-0.1, -0.05) is 48.5 Å². The third-order valence-corrected chi connectivity index (χ3v) is 6.16. The lowest BCUT2D eigenvalue weighted by atomic mass is 9.87. The summed E-state index contributed by atoms with van der Waals surface area (Å²) in [5.74, 6) is 0.347. The van der Waals surface area contributed by atoms with Gasteiger partial charge in [-0.25, -0.2) is 0 Å². The summed E-state index contributed by atoms with van der Waals surface area (Å²) >= 11 is 12.1. The SMILES string of the molecule is O=C(Nc1cccc(Cl)c1Cl)C1CCN(C(=O)C2CCCCC2)CC1. The first-order valence-electron chi connectivity index (χ1n) is 9.10. The second-order valence-corrected chi connectivity index (χ2v) is 7.81. The van der Waals surface area contributed by atoms with E-state index in [0.717, 1.165) is 25.7 Å². The molecule has 0 unspecified atom stereocenters. The van der Waals surface area contributed by atoms with Crippen LogP contribution in [0.3, 0.4) is 0 Å². The molecule has 0 atom stereocenters. The summed E-state index contributed by atoms with van der Waals surface area (Å²) < 4.78 is 0. The van der Waals surface area contributed by atoms with Gasteiger partial charge in [0.25, 0.3) is 0 Å². The lowest BCUT2D eigenvalue weighted by Gasteiger charge is -2.34. The standard InChI is InChI=1S/C19H24Cl2N2O2/c20-15-7-4-8-16(17(15)21)22-18(24)13-9-11-23(12-10-13)19(25)14-5-2-1-3-6-14/h4,7-8,13-14H,1-3,5-6,9-12H2,(H,22,24). The molecule has 1 saturated heterocycles. The van der Waals surface area contributed by atoms with Crippen molar-refractivity contribution in [2.45, 2.75) is 44.9 Å². The average Bonchev–Trinajstić information content (AvgIpc) is 2.65. The first kappa shape index (κ1) is 18.5. The van der Waals surface area contributed by atoms with Crippen LogP contribution in [0.4, 0.5) is 5.69 Å². The summed E-state index contributed by atoms with van der Waals surface area (Å²) in [7, 11) is 0. The summed E-state index contributed by atoms with van der Waals surface area (Å²) in [5.41, 5.74) is 0.542. The predicted molar refractivity (Wildman–Crippen MR) is 101 cm³/mol. The Balaban J connectivity index is 1.52. The van der Waals surface area contributed by atoms with Gasteiger partial charge in [0.15, 0.2) is 0 Å². The van der Waals surface area contributed by atoms with Gasteiger partial charge < -0.3 is 10.2 Å². The van der Waals surface area contributed by atoms with Gasteiger partial charge in [-0.3, -0.25) is 9.59 Å². The minimum Gasteiger partial charge on any atom is -0.342 e. The van der Waals surface area contributed by atoms with Crippen molar-refractivity contribution in [2.24, 2.45) is 11.8 Å². The van der Waals surface area contributed by atoms with Crippen molar-refractivity contribution in [2.75, 3.05) is 18.4 Å². The van der Waals surface area contributed by atoms with Gasteiger partial charge in [-0.15, -0.1) is 0 Å². The van der Waals surface area contributed by atoms with Crippen LogP contribution in [0.1, 0.15) is 44.9 Å². The molecule has 2 fully saturated rings. The number of hydrogen-bond donors (Lipinski definition) is 1. The number of amides is 2. The zero-order chi connectivity index (χ0) is 17.8. The molecule has 1 aliphatic carbocycles. The van der Waals surface area contributed by atoms with Gasteiger partial charge in [0.2, 0.25) is 11.8 Å². The maximum atomic E-state index is 12.6. The lowest BCUT2D eigenvalue weighted by molar-refractivity contribution is -0.139. The largest absolute Gasteiger partial charge is 0.342 e. The molecule has 3 rings (SSSR count). The minimum atomic E-state index is -0.0922. The van der Waals surface area contributed by atoms with Crippen LogP contribution >= 0.6 is 23.2 Å². The monoisotopic (exact) mass is 382 g/mol. The molecule has 1 heterocycles. The summed E-state index contributed by atoms with van der Waals surface area (Å²) in [6.07, 6.45) is 7.01. The molecule has 0 radical (unpaired) electrons. The fourth-order valence-electron chi connectivity index (χ4n) is 3.80. The van der Waals surface area contributed by atoms with E-state index in [1.165, 1.54) is 6.42 Å². The zero-order valence-electron chi connectivity index (χ0n) is 14.3. The molecular weight excluding hydrogens is 359 g/mol. The zero-order valence-corrected chi connectivity index (χ0v) is 15.8. The van der Waals surface area contributed by atoms with Crippen LogP contribution in [0.25, 0.3) is 0 Å². The Labute approximate surface area is 158 Å². The van der Waals surface area contributed by atoms with Crippen molar-refractivity contribution >= 4 is 40.7 Å². The number of benzene rings is 1. The summed E-state index contributed by atoms with van der Waals surface area (Å²) in [5, 5.41) is 3.66. The molecule has 1 N–H and O–H groups in total. The predicted octanol–water partition coefficient (Wildman–Crippen LogP) is 4.75. The normalized spacial score (nSPS) is 19.7. The number of carbonyl (C=O) groups is 2. The second kappa shape index (κ2) is 8.41. The molecule has 0 bridgehead atoms. The molecule has 6 heteroatoms. The van der Waals surface area contributed by atoms with Crippen molar-refractivity contribution in [3.8, 4) is 0 Å². The first-order chi connectivity index (χ1) is 12.1. The molecule has 0 spiro atoms. The van der Waals surface area contributed by atoms with Crippen molar-refractivity contribution in [1.82, 2.24) is 4.90 Å². The maximum absolute atomic E-state index is 12.6. The van der Waals surface area contributed by atoms with Crippen molar-refractivity contribution in [1.29, 1.82) is 0 Å². The number of nitrogens with one attached hydrogen (secondary N) is 1. The topological polar surface area (TPSA) is 49.4 Å². The fourth-order valence-corrected chi connectivity index (χ4v) is 4.15. The third-order valence-electron chi connectivity index (χ3n) is 5.34. The van der Waals surface area contributed by atoms with E-state index < -0.39 is 0 Å². The van der Waals surface area contributed by atoms with E-state index >= 15 is 0 Å². The Kier molecular flexibility index (Phi) is 6.24. The van der Waals surface area contributed by atoms with Gasteiger partial charge >= 0.3 is 0 Å². The van der Waals surface area contributed by atoms with Gasteiger partial charge in [-0.05, 0) is 37.8 Å². The number of hydrogen-bond acceptors (Lipinski definition) is 2. The van der Waals surface area contributed by atoms with E-state index in [2.05, 4.69) is 5.32 Å². The Morgan fingerprint density at radius 3 is 2.32 bits per heavy atom. The molecule has 1 saturated carbocycles. The molecule has 1 aliphatic heterocycles. The highest BCUT2D eigenvalue weighted by Gasteiger charge is 2.31. The molecule has 2 aliphatic rings. The number of carbonyl (C=O) groups excluding carboxylic acids is 2. The van der Waals surface area contributed by atoms with E-state index in [9.17, 15) is 9.59 Å². The number of likely N-dealkylation sites (tertiary alicyclic amines) is 1. The molecule has 25 heavy (non-hydrogen) atoms. The van der Waals surface area contributed by atoms with Crippen LogP contribution < -0.4 is 5.32 Å². The van der Waals surface area contributed by atoms with Gasteiger partial charge in [0, 0.05) is 24.9 Å². The van der Waals surface area contributed by atoms with Gasteiger partial charge in [0.05, 0.1) is 15.7 Å². The van der Waals surface area contributed by atoms with Gasteiger partial charge in [0.1, 0.15) is 0 Å². The van der Waals surface area contributed by atoms with E-state index in [4.69, 9.17) is 23.2 Å². The van der Waals surface area contributed by atoms with Crippen molar-refractivity contribution in [3.05, 3.63) is 28.2 Å². The van der Waals surface area contributed by atoms with Crippen LogP contribution in [0.15, 0.2) is 18.2 Å². The Morgan fingerprint density at radius 1 is 0.960 bits per heavy atom. The highest BCUT2D eigenvalue weighted by molar-refractivity contribution is 6.44. The molecule has 4 nitrogen and oxygen atoms in total. The number of halogens is 2. The van der Waals surface area contributed by atoms with Gasteiger partial charge in [-0.2, -0.15) is 0 Å². The fraction of sp³-hybridized carbons (Fsp3) is 0.579. The second-order valence-electron chi connectivity index (χ2n) is 7.03. The van der Waals surface area contributed by atoms with Crippen LogP contribution in [0.2, 0.25) is 10.0 Å². The van der Waals surface area contributed by atoms with E-state index in [1.807, 2.05) is 4.90 Å². The Hall–Kier alpha value is -1.26. The maximum Gasteiger partial charge on any atom is 0.227 e. The summed E-state index contributed by atoms with van der Waals surface area (Å²) in [6, 6.07) is 5.19. The summed E-state index contributed by atoms with van der Waals surface area (Å²) in [6.45, 7) is 1.33. The highest BCUT2D eigenvalue weighted by Crippen LogP contribution is 2.31. The molecule has 1 aromatic carbocycles. The van der Waals surface area contributed by atoms with Crippen LogP contribution in [0, 0.1) is 11.8 Å². The summed E-state index contributed by atoms with van der Waals surface area (Å²) in [4.78, 5) is 27.0.